The highest BCUT2D eigenvalue weighted by Gasteiger charge is 2.11. The first-order valence-electron chi connectivity index (χ1n) is 4.50. The molecule has 0 aliphatic rings. The molecule has 0 N–H and O–H groups in total. The van der Waals surface area contributed by atoms with Crippen molar-refractivity contribution in [3.05, 3.63) is 26.6 Å². The molecular formula is C11H11IOS. The number of fused-ring (bicyclic) bond motifs is 1. The average molecular weight is 318 g/mol. The number of hydrogen-bond acceptors (Lipinski definition) is 2. The van der Waals surface area contributed by atoms with Gasteiger partial charge in [0.2, 0.25) is 0 Å². The lowest BCUT2D eigenvalue weighted by molar-refractivity contribution is 0.408. The van der Waals surface area contributed by atoms with Gasteiger partial charge in [-0.05, 0) is 57.5 Å². The number of methoxy groups -OCH3 is 1. The normalized spacial score (nSPS) is 10.8. The van der Waals surface area contributed by atoms with Crippen molar-refractivity contribution in [3.63, 3.8) is 0 Å². The summed E-state index contributed by atoms with van der Waals surface area (Å²) < 4.78 is 8.02. The molecule has 0 amide bonds. The quantitative estimate of drug-likeness (QED) is 0.758. The van der Waals surface area contributed by atoms with Crippen LogP contribution in [0.2, 0.25) is 0 Å². The van der Waals surface area contributed by atoms with E-state index in [1.807, 2.05) is 0 Å². The zero-order valence-electron chi connectivity index (χ0n) is 8.13. The lowest BCUT2D eigenvalue weighted by Crippen LogP contribution is -1.93. The fraction of sp³-hybridized carbons (Fsp3) is 0.273. The molecule has 3 heteroatoms. The van der Waals surface area contributed by atoms with E-state index in [9.17, 15) is 0 Å². The van der Waals surface area contributed by atoms with Crippen LogP contribution in [0.4, 0.5) is 0 Å². The molecule has 1 heterocycles. The number of hydrogen-bond donors (Lipinski definition) is 0. The maximum atomic E-state index is 5.44. The van der Waals surface area contributed by atoms with Gasteiger partial charge in [-0.3, -0.25) is 0 Å². The second-order valence-electron chi connectivity index (χ2n) is 3.08. The second-order valence-corrected chi connectivity index (χ2v) is 5.07. The van der Waals surface area contributed by atoms with E-state index in [2.05, 4.69) is 47.0 Å². The lowest BCUT2D eigenvalue weighted by Gasteiger charge is -2.09. The molecule has 0 aliphatic heterocycles. The molecule has 1 aromatic carbocycles. The van der Waals surface area contributed by atoms with Crippen molar-refractivity contribution in [2.45, 2.75) is 13.3 Å². The Kier molecular flexibility index (Phi) is 2.97. The van der Waals surface area contributed by atoms with Crippen LogP contribution in [-0.4, -0.2) is 7.11 Å². The molecule has 0 saturated carbocycles. The minimum atomic E-state index is 1.02. The fourth-order valence-corrected chi connectivity index (χ4v) is 3.66. The number of thiophene rings is 1. The summed E-state index contributed by atoms with van der Waals surface area (Å²) in [4.78, 5) is 0. The summed E-state index contributed by atoms with van der Waals surface area (Å²) in [7, 11) is 1.75. The zero-order valence-corrected chi connectivity index (χ0v) is 11.1. The van der Waals surface area contributed by atoms with Crippen molar-refractivity contribution in [3.8, 4) is 5.75 Å². The van der Waals surface area contributed by atoms with Gasteiger partial charge in [0.25, 0.3) is 0 Å². The molecule has 74 valence electrons. The Morgan fingerprint density at radius 2 is 2.29 bits per heavy atom. The van der Waals surface area contributed by atoms with Crippen LogP contribution in [0.5, 0.6) is 5.75 Å². The molecule has 0 saturated heterocycles. The van der Waals surface area contributed by atoms with Crippen LogP contribution >= 0.6 is 33.9 Å². The molecule has 2 rings (SSSR count). The summed E-state index contributed by atoms with van der Waals surface area (Å²) in [5.41, 5.74) is 1.29. The summed E-state index contributed by atoms with van der Waals surface area (Å²) in [5.74, 6) is 1.04. The van der Waals surface area contributed by atoms with Gasteiger partial charge in [0, 0.05) is 0 Å². The van der Waals surface area contributed by atoms with Gasteiger partial charge in [-0.15, -0.1) is 11.3 Å². The Balaban J connectivity index is 2.79. The molecule has 0 spiro atoms. The molecule has 0 bridgehead atoms. The van der Waals surface area contributed by atoms with Gasteiger partial charge in [-0.2, -0.15) is 0 Å². The van der Waals surface area contributed by atoms with Crippen molar-refractivity contribution in [1.82, 2.24) is 0 Å². The van der Waals surface area contributed by atoms with E-state index in [1.165, 1.54) is 19.2 Å². The molecule has 0 aliphatic carbocycles. The smallest absolute Gasteiger partial charge is 0.136 e. The van der Waals surface area contributed by atoms with Gasteiger partial charge in [0.15, 0.2) is 0 Å². The van der Waals surface area contributed by atoms with E-state index in [1.54, 1.807) is 18.4 Å². The maximum Gasteiger partial charge on any atom is 0.136 e. The maximum absolute atomic E-state index is 5.44. The standard InChI is InChI=1S/C11H11IOS/c1-3-7-6-8-4-5-14-11(8)9(12)10(7)13-2/h4-6H,3H2,1-2H3. The Morgan fingerprint density at radius 1 is 1.50 bits per heavy atom. The Hall–Kier alpha value is -0.290. The first-order valence-corrected chi connectivity index (χ1v) is 6.46. The first kappa shape index (κ1) is 10.2. The Bertz CT molecular complexity index is 462. The van der Waals surface area contributed by atoms with E-state index in [-0.39, 0.29) is 0 Å². The van der Waals surface area contributed by atoms with Crippen LogP contribution in [-0.2, 0) is 6.42 Å². The summed E-state index contributed by atoms with van der Waals surface area (Å²) >= 11 is 4.14. The largest absolute Gasteiger partial charge is 0.495 e. The first-order chi connectivity index (χ1) is 6.77. The third-order valence-corrected chi connectivity index (χ3v) is 4.64. The topological polar surface area (TPSA) is 9.23 Å². The van der Waals surface area contributed by atoms with E-state index in [0.29, 0.717) is 0 Å². The van der Waals surface area contributed by atoms with Crippen molar-refractivity contribution >= 4 is 44.0 Å². The SMILES string of the molecule is CCc1cc2ccsc2c(I)c1OC. The molecular weight excluding hydrogens is 307 g/mol. The van der Waals surface area contributed by atoms with Crippen LogP contribution in [0.25, 0.3) is 10.1 Å². The molecule has 2 aromatic rings. The third kappa shape index (κ3) is 1.52. The third-order valence-electron chi connectivity index (χ3n) is 2.30. The van der Waals surface area contributed by atoms with Crippen LogP contribution < -0.4 is 4.74 Å². The van der Waals surface area contributed by atoms with Crippen molar-refractivity contribution in [2.75, 3.05) is 7.11 Å². The van der Waals surface area contributed by atoms with Crippen molar-refractivity contribution < 1.29 is 4.74 Å². The van der Waals surface area contributed by atoms with Gasteiger partial charge < -0.3 is 4.74 Å². The second kappa shape index (κ2) is 4.06. The average Bonchev–Trinajstić information content (AvgIpc) is 2.65. The lowest BCUT2D eigenvalue weighted by atomic mass is 10.1. The van der Waals surface area contributed by atoms with E-state index in [0.717, 1.165) is 12.2 Å². The predicted octanol–water partition coefficient (Wildman–Crippen LogP) is 4.08. The van der Waals surface area contributed by atoms with Gasteiger partial charge in [0.05, 0.1) is 15.4 Å². The molecule has 0 fully saturated rings. The van der Waals surface area contributed by atoms with Gasteiger partial charge >= 0.3 is 0 Å². The molecule has 1 aromatic heterocycles. The van der Waals surface area contributed by atoms with E-state index < -0.39 is 0 Å². The molecule has 0 unspecified atom stereocenters. The van der Waals surface area contributed by atoms with Crippen molar-refractivity contribution in [1.29, 1.82) is 0 Å². The van der Waals surface area contributed by atoms with Crippen LogP contribution in [0, 0.1) is 3.57 Å². The number of rotatable bonds is 2. The summed E-state index contributed by atoms with van der Waals surface area (Å²) in [5, 5.41) is 3.46. The number of benzene rings is 1. The number of aryl methyl sites for hydroxylation is 1. The molecule has 0 atom stereocenters. The highest BCUT2D eigenvalue weighted by atomic mass is 127. The Morgan fingerprint density at radius 3 is 2.93 bits per heavy atom. The van der Waals surface area contributed by atoms with Crippen LogP contribution in [0.15, 0.2) is 17.5 Å². The fourth-order valence-electron chi connectivity index (χ4n) is 1.59. The minimum absolute atomic E-state index is 1.02. The zero-order chi connectivity index (χ0) is 10.1. The summed E-state index contributed by atoms with van der Waals surface area (Å²) in [6, 6.07) is 4.40. The van der Waals surface area contributed by atoms with Gasteiger partial charge in [-0.1, -0.05) is 6.92 Å². The molecule has 14 heavy (non-hydrogen) atoms. The van der Waals surface area contributed by atoms with Gasteiger partial charge in [-0.25, -0.2) is 0 Å². The predicted molar refractivity (Wildman–Crippen MR) is 70.5 cm³/mol. The highest BCUT2D eigenvalue weighted by molar-refractivity contribution is 14.1. The van der Waals surface area contributed by atoms with Crippen LogP contribution in [0.3, 0.4) is 0 Å². The van der Waals surface area contributed by atoms with Crippen molar-refractivity contribution in [2.24, 2.45) is 0 Å². The summed E-state index contributed by atoms with van der Waals surface area (Å²) in [6.45, 7) is 2.16. The minimum Gasteiger partial charge on any atom is -0.495 e. The molecule has 1 nitrogen and oxygen atoms in total. The van der Waals surface area contributed by atoms with E-state index in [4.69, 9.17) is 4.74 Å². The highest BCUT2D eigenvalue weighted by Crippen LogP contribution is 2.36. The monoisotopic (exact) mass is 318 g/mol. The number of ether oxygens (including phenoxy) is 1. The van der Waals surface area contributed by atoms with E-state index >= 15 is 0 Å². The van der Waals surface area contributed by atoms with Crippen LogP contribution in [0.1, 0.15) is 12.5 Å². The summed E-state index contributed by atoms with van der Waals surface area (Å²) in [6.07, 6.45) is 1.02. The van der Waals surface area contributed by atoms with Gasteiger partial charge in [0.1, 0.15) is 5.75 Å². The number of halogens is 1. The molecule has 0 radical (unpaired) electrons. The Labute approximate surface area is 101 Å².